The van der Waals surface area contributed by atoms with E-state index in [-0.39, 0.29) is 11.9 Å². The molecule has 0 bridgehead atoms. The van der Waals surface area contributed by atoms with Crippen molar-refractivity contribution >= 4 is 21.6 Å². The highest BCUT2D eigenvalue weighted by Gasteiger charge is 2.06. The van der Waals surface area contributed by atoms with Crippen LogP contribution in [0.1, 0.15) is 18.5 Å². The van der Waals surface area contributed by atoms with Crippen LogP contribution in [0.15, 0.2) is 47.2 Å². The van der Waals surface area contributed by atoms with Crippen LogP contribution >= 0.6 is 15.9 Å². The number of nitrogens with one attached hydrogen (secondary N) is 1. The van der Waals surface area contributed by atoms with Crippen LogP contribution in [0.5, 0.6) is 0 Å². The summed E-state index contributed by atoms with van der Waals surface area (Å²) in [5.41, 5.74) is 1.82. The highest BCUT2D eigenvalue weighted by Crippen LogP contribution is 2.20. The minimum atomic E-state index is -0.313. The van der Waals surface area contributed by atoms with Crippen molar-refractivity contribution in [3.63, 3.8) is 0 Å². The van der Waals surface area contributed by atoms with Crippen molar-refractivity contribution in [1.29, 1.82) is 0 Å². The summed E-state index contributed by atoms with van der Waals surface area (Å²) in [4.78, 5) is 3.84. The Morgan fingerprint density at radius 3 is 2.59 bits per heavy atom. The first-order valence-corrected chi connectivity index (χ1v) is 6.07. The van der Waals surface area contributed by atoms with Crippen molar-refractivity contribution in [3.8, 4) is 0 Å². The van der Waals surface area contributed by atoms with Gasteiger partial charge in [0.2, 0.25) is 0 Å². The Bertz CT molecular complexity index is 499. The van der Waals surface area contributed by atoms with Crippen LogP contribution in [-0.2, 0) is 0 Å². The molecule has 0 amide bonds. The van der Waals surface area contributed by atoms with Gasteiger partial charge in [-0.05, 0) is 42.8 Å². The maximum atomic E-state index is 13.0. The van der Waals surface area contributed by atoms with Crippen LogP contribution in [0.2, 0.25) is 0 Å². The lowest BCUT2D eigenvalue weighted by atomic mass is 10.1. The van der Waals surface area contributed by atoms with E-state index in [0.717, 1.165) is 15.7 Å². The molecule has 4 heteroatoms. The molecule has 0 aliphatic carbocycles. The first kappa shape index (κ1) is 12.0. The number of pyridine rings is 1. The summed E-state index contributed by atoms with van der Waals surface area (Å²) in [5, 5.41) is 3.29. The molecule has 0 saturated carbocycles. The van der Waals surface area contributed by atoms with Gasteiger partial charge >= 0.3 is 0 Å². The van der Waals surface area contributed by atoms with Crippen LogP contribution in [0.25, 0.3) is 0 Å². The highest BCUT2D eigenvalue weighted by atomic mass is 79.9. The minimum absolute atomic E-state index is 0.0133. The van der Waals surface area contributed by atoms with Crippen molar-refractivity contribution in [2.75, 3.05) is 5.32 Å². The van der Waals surface area contributed by atoms with Crippen molar-refractivity contribution in [2.45, 2.75) is 13.0 Å². The Morgan fingerprint density at radius 2 is 1.94 bits per heavy atom. The summed E-state index contributed by atoms with van der Waals surface area (Å²) in [6, 6.07) is 9.35. The van der Waals surface area contributed by atoms with Crippen molar-refractivity contribution in [2.24, 2.45) is 0 Å². The number of aromatic nitrogens is 1. The number of benzene rings is 1. The van der Waals surface area contributed by atoms with Gasteiger partial charge in [0.1, 0.15) is 5.82 Å². The van der Waals surface area contributed by atoms with E-state index < -0.39 is 0 Å². The minimum Gasteiger partial charge on any atom is -0.378 e. The highest BCUT2D eigenvalue weighted by molar-refractivity contribution is 9.10. The maximum Gasteiger partial charge on any atom is 0.141 e. The topological polar surface area (TPSA) is 24.9 Å². The molecule has 0 aliphatic heterocycles. The summed E-state index contributed by atoms with van der Waals surface area (Å²) >= 11 is 3.38. The third kappa shape index (κ3) is 3.27. The third-order valence-electron chi connectivity index (χ3n) is 2.45. The fraction of sp³-hybridized carbons (Fsp3) is 0.154. The van der Waals surface area contributed by atoms with Gasteiger partial charge in [0.05, 0.1) is 12.2 Å². The molecule has 17 heavy (non-hydrogen) atoms. The average molecular weight is 295 g/mol. The zero-order chi connectivity index (χ0) is 12.3. The Hall–Kier alpha value is -1.42. The number of halogens is 2. The third-order valence-corrected chi connectivity index (χ3v) is 2.98. The molecule has 0 radical (unpaired) electrons. The van der Waals surface area contributed by atoms with E-state index in [2.05, 4.69) is 26.2 Å². The Balaban J connectivity index is 2.11. The van der Waals surface area contributed by atoms with Gasteiger partial charge in [-0.15, -0.1) is 0 Å². The van der Waals surface area contributed by atoms with Gasteiger partial charge in [0, 0.05) is 16.4 Å². The average Bonchev–Trinajstić information content (AvgIpc) is 2.32. The van der Waals surface area contributed by atoms with Crippen molar-refractivity contribution < 1.29 is 4.39 Å². The fourth-order valence-electron chi connectivity index (χ4n) is 1.54. The van der Waals surface area contributed by atoms with Gasteiger partial charge in [-0.25, -0.2) is 4.39 Å². The van der Waals surface area contributed by atoms with E-state index >= 15 is 0 Å². The lowest BCUT2D eigenvalue weighted by Crippen LogP contribution is -2.07. The molecule has 2 nitrogen and oxygen atoms in total. The first-order chi connectivity index (χ1) is 8.15. The Labute approximate surface area is 108 Å². The van der Waals surface area contributed by atoms with Crippen LogP contribution in [0.3, 0.4) is 0 Å². The summed E-state index contributed by atoms with van der Waals surface area (Å²) in [5.74, 6) is -0.313. The molecule has 0 aliphatic rings. The molecule has 2 aromatic rings. The number of anilines is 1. The van der Waals surface area contributed by atoms with Gasteiger partial charge < -0.3 is 5.32 Å². The summed E-state index contributed by atoms with van der Waals surface area (Å²) in [6.07, 6.45) is 2.87. The van der Waals surface area contributed by atoms with Crippen LogP contribution in [0, 0.1) is 5.82 Å². The normalized spacial score (nSPS) is 12.2. The SMILES string of the molecule is CC(Nc1ccc(Br)cc1)c1cncc(F)c1. The predicted molar refractivity (Wildman–Crippen MR) is 70.4 cm³/mol. The molecular weight excluding hydrogens is 283 g/mol. The van der Waals surface area contributed by atoms with Crippen LogP contribution in [0.4, 0.5) is 10.1 Å². The fourth-order valence-corrected chi connectivity index (χ4v) is 1.81. The molecule has 88 valence electrons. The second-order valence-electron chi connectivity index (χ2n) is 3.81. The zero-order valence-corrected chi connectivity index (χ0v) is 10.9. The van der Waals surface area contributed by atoms with Gasteiger partial charge in [0.15, 0.2) is 0 Å². The second-order valence-corrected chi connectivity index (χ2v) is 4.73. The van der Waals surface area contributed by atoms with E-state index in [9.17, 15) is 4.39 Å². The molecule has 0 spiro atoms. The molecular formula is C13H12BrFN2. The van der Waals surface area contributed by atoms with Crippen molar-refractivity contribution in [1.82, 2.24) is 4.98 Å². The number of nitrogens with zero attached hydrogens (tertiary/aromatic N) is 1. The number of rotatable bonds is 3. The lowest BCUT2D eigenvalue weighted by molar-refractivity contribution is 0.616. The van der Waals surface area contributed by atoms with Crippen LogP contribution < -0.4 is 5.32 Å². The van der Waals surface area contributed by atoms with E-state index in [1.165, 1.54) is 12.3 Å². The standard InChI is InChI=1S/C13H12BrFN2/c1-9(10-6-12(15)8-16-7-10)17-13-4-2-11(14)3-5-13/h2-9,17H,1H3. The number of hydrogen-bond donors (Lipinski definition) is 1. The lowest BCUT2D eigenvalue weighted by Gasteiger charge is -2.15. The Morgan fingerprint density at radius 1 is 1.24 bits per heavy atom. The monoisotopic (exact) mass is 294 g/mol. The summed E-state index contributed by atoms with van der Waals surface area (Å²) in [6.45, 7) is 1.97. The van der Waals surface area contributed by atoms with Gasteiger partial charge in [-0.2, -0.15) is 0 Å². The Kier molecular flexibility index (Phi) is 3.74. The largest absolute Gasteiger partial charge is 0.378 e. The first-order valence-electron chi connectivity index (χ1n) is 5.28. The van der Waals surface area contributed by atoms with Crippen molar-refractivity contribution in [3.05, 3.63) is 58.6 Å². The molecule has 1 aromatic heterocycles. The maximum absolute atomic E-state index is 13.0. The summed E-state index contributed by atoms with van der Waals surface area (Å²) < 4.78 is 14.1. The molecule has 1 aromatic carbocycles. The van der Waals surface area contributed by atoms with E-state index in [4.69, 9.17) is 0 Å². The zero-order valence-electron chi connectivity index (χ0n) is 9.32. The molecule has 1 N–H and O–H groups in total. The van der Waals surface area contributed by atoms with Gasteiger partial charge in [-0.1, -0.05) is 15.9 Å². The van der Waals surface area contributed by atoms with E-state index in [0.29, 0.717) is 0 Å². The smallest absolute Gasteiger partial charge is 0.141 e. The van der Waals surface area contributed by atoms with Gasteiger partial charge in [-0.3, -0.25) is 4.98 Å². The molecule has 1 unspecified atom stereocenters. The van der Waals surface area contributed by atoms with Gasteiger partial charge in [0.25, 0.3) is 0 Å². The quantitative estimate of drug-likeness (QED) is 0.919. The predicted octanol–water partition coefficient (Wildman–Crippen LogP) is 4.16. The van der Waals surface area contributed by atoms with E-state index in [1.807, 2.05) is 31.2 Å². The molecule has 1 heterocycles. The molecule has 0 saturated heterocycles. The van der Waals surface area contributed by atoms with E-state index in [1.54, 1.807) is 6.20 Å². The second kappa shape index (κ2) is 5.27. The van der Waals surface area contributed by atoms with Crippen LogP contribution in [-0.4, -0.2) is 4.98 Å². The summed E-state index contributed by atoms with van der Waals surface area (Å²) in [7, 11) is 0. The number of hydrogen-bond acceptors (Lipinski definition) is 2. The molecule has 2 rings (SSSR count). The molecule has 0 fully saturated rings. The molecule has 1 atom stereocenters.